The molecule has 2 aromatic heterocycles. The number of alkyl carbamates (subject to hydrolysis) is 1. The maximum absolute atomic E-state index is 12.9. The summed E-state index contributed by atoms with van der Waals surface area (Å²) in [5, 5.41) is 7.65. The number of likely N-dealkylation sites (tertiary alicyclic amines) is 1. The molecule has 0 bridgehead atoms. The molecule has 0 unspecified atom stereocenters. The van der Waals surface area contributed by atoms with Crippen molar-refractivity contribution >= 4 is 18.1 Å². The van der Waals surface area contributed by atoms with Crippen molar-refractivity contribution in [3.05, 3.63) is 72.7 Å². The lowest BCUT2D eigenvalue weighted by atomic mass is 10.0. The summed E-state index contributed by atoms with van der Waals surface area (Å²) >= 11 is 0. The first kappa shape index (κ1) is 24.2. The Hall–Kier alpha value is -3.94. The van der Waals surface area contributed by atoms with Crippen molar-refractivity contribution in [2.45, 2.75) is 45.3 Å². The van der Waals surface area contributed by atoms with Gasteiger partial charge in [0.1, 0.15) is 11.3 Å². The number of piperidine rings is 1. The molecule has 0 atom stereocenters. The summed E-state index contributed by atoms with van der Waals surface area (Å²) in [4.78, 5) is 30.9. The van der Waals surface area contributed by atoms with Crippen LogP contribution in [0.3, 0.4) is 0 Å². The fourth-order valence-electron chi connectivity index (χ4n) is 3.93. The Kier molecular flexibility index (Phi) is 7.29. The lowest BCUT2D eigenvalue weighted by Crippen LogP contribution is -2.47. The molecule has 4 rings (SSSR count). The van der Waals surface area contributed by atoms with Gasteiger partial charge in [-0.05, 0) is 64.0 Å². The van der Waals surface area contributed by atoms with Crippen molar-refractivity contribution in [1.29, 1.82) is 0 Å². The zero-order chi connectivity index (χ0) is 24.8. The highest BCUT2D eigenvalue weighted by Crippen LogP contribution is 2.24. The number of hydrogen-bond acceptors (Lipinski definition) is 5. The SMILES string of the molecule is CC(C)(C)OC(=O)NC1CCN(C(=O)/C=C/c2cn(-c3ccccc3)nc2-c2cccnc2)CC1. The topological polar surface area (TPSA) is 89.4 Å². The van der Waals surface area contributed by atoms with Gasteiger partial charge in [-0.15, -0.1) is 0 Å². The summed E-state index contributed by atoms with van der Waals surface area (Å²) in [6, 6.07) is 13.7. The Balaban J connectivity index is 1.43. The van der Waals surface area contributed by atoms with Gasteiger partial charge in [-0.25, -0.2) is 9.48 Å². The summed E-state index contributed by atoms with van der Waals surface area (Å²) in [6.07, 6.45) is 9.75. The van der Waals surface area contributed by atoms with Gasteiger partial charge >= 0.3 is 6.09 Å². The fraction of sp³-hybridized carbons (Fsp3) is 0.333. The number of carbonyl (C=O) groups is 2. The molecule has 1 saturated heterocycles. The molecule has 1 aliphatic heterocycles. The normalized spacial score (nSPS) is 14.8. The summed E-state index contributed by atoms with van der Waals surface area (Å²) in [6.45, 7) is 6.65. The number of benzene rings is 1. The van der Waals surface area contributed by atoms with E-state index in [2.05, 4.69) is 10.3 Å². The molecule has 3 heterocycles. The minimum Gasteiger partial charge on any atom is -0.444 e. The molecule has 182 valence electrons. The van der Waals surface area contributed by atoms with Crippen molar-refractivity contribution in [2.75, 3.05) is 13.1 Å². The van der Waals surface area contributed by atoms with Crippen molar-refractivity contribution in [1.82, 2.24) is 25.0 Å². The molecule has 1 aliphatic rings. The van der Waals surface area contributed by atoms with Crippen molar-refractivity contribution < 1.29 is 14.3 Å². The zero-order valence-electron chi connectivity index (χ0n) is 20.3. The lowest BCUT2D eigenvalue weighted by Gasteiger charge is -2.32. The van der Waals surface area contributed by atoms with Gasteiger partial charge in [0.15, 0.2) is 0 Å². The monoisotopic (exact) mass is 473 g/mol. The van der Waals surface area contributed by atoms with E-state index >= 15 is 0 Å². The number of pyridine rings is 1. The summed E-state index contributed by atoms with van der Waals surface area (Å²) in [5.41, 5.74) is 2.86. The third kappa shape index (κ3) is 6.56. The van der Waals surface area contributed by atoms with Gasteiger partial charge in [0, 0.05) is 54.9 Å². The van der Waals surface area contributed by atoms with Crippen LogP contribution in [0.25, 0.3) is 23.0 Å². The van der Waals surface area contributed by atoms with E-state index in [9.17, 15) is 9.59 Å². The minimum atomic E-state index is -0.533. The van der Waals surface area contributed by atoms with Crippen LogP contribution in [0.5, 0.6) is 0 Å². The molecule has 35 heavy (non-hydrogen) atoms. The maximum Gasteiger partial charge on any atom is 0.407 e. The van der Waals surface area contributed by atoms with Crippen LogP contribution in [-0.2, 0) is 9.53 Å². The quantitative estimate of drug-likeness (QED) is 0.553. The Bertz CT molecular complexity index is 1170. The van der Waals surface area contributed by atoms with Crippen LogP contribution in [0.4, 0.5) is 4.79 Å². The molecular formula is C27H31N5O3. The number of nitrogens with zero attached hydrogens (tertiary/aromatic N) is 4. The van der Waals surface area contributed by atoms with Crippen LogP contribution in [0, 0.1) is 0 Å². The highest BCUT2D eigenvalue weighted by molar-refractivity contribution is 5.93. The number of amides is 2. The molecule has 3 aromatic rings. The van der Waals surface area contributed by atoms with Crippen molar-refractivity contribution in [3.8, 4) is 16.9 Å². The highest BCUT2D eigenvalue weighted by atomic mass is 16.6. The second-order valence-electron chi connectivity index (χ2n) is 9.53. The van der Waals surface area contributed by atoms with Gasteiger partial charge in [-0.1, -0.05) is 18.2 Å². The first-order chi connectivity index (χ1) is 16.8. The molecule has 0 aliphatic carbocycles. The van der Waals surface area contributed by atoms with Crippen LogP contribution in [0.1, 0.15) is 39.2 Å². The smallest absolute Gasteiger partial charge is 0.407 e. The Morgan fingerprint density at radius 1 is 1.09 bits per heavy atom. The van der Waals surface area contributed by atoms with Crippen LogP contribution >= 0.6 is 0 Å². The number of rotatable bonds is 5. The largest absolute Gasteiger partial charge is 0.444 e. The molecule has 1 N–H and O–H groups in total. The van der Waals surface area contributed by atoms with Crippen LogP contribution in [0.2, 0.25) is 0 Å². The van der Waals surface area contributed by atoms with Gasteiger partial charge in [0.25, 0.3) is 0 Å². The Labute approximate surface area is 205 Å². The van der Waals surface area contributed by atoms with Crippen molar-refractivity contribution in [2.24, 2.45) is 0 Å². The number of para-hydroxylation sites is 1. The average Bonchev–Trinajstić information content (AvgIpc) is 3.27. The molecular weight excluding hydrogens is 442 g/mol. The van der Waals surface area contributed by atoms with Crippen molar-refractivity contribution in [3.63, 3.8) is 0 Å². The standard InChI is InChI=1S/C27H31N5O3/c1-27(2,3)35-26(34)29-22-13-16-31(17-14-22)24(33)12-11-21-19-32(23-9-5-4-6-10-23)30-25(21)20-8-7-15-28-18-20/h4-12,15,18-19,22H,13-14,16-17H2,1-3H3,(H,29,34)/b12-11+. The van der Waals surface area contributed by atoms with E-state index < -0.39 is 11.7 Å². The van der Waals surface area contributed by atoms with E-state index in [1.54, 1.807) is 28.1 Å². The predicted octanol–water partition coefficient (Wildman–Crippen LogP) is 4.46. The molecule has 8 heteroatoms. The summed E-state index contributed by atoms with van der Waals surface area (Å²) < 4.78 is 7.14. The van der Waals surface area contributed by atoms with E-state index in [0.717, 1.165) is 22.5 Å². The average molecular weight is 474 g/mol. The number of hydrogen-bond donors (Lipinski definition) is 1. The zero-order valence-corrected chi connectivity index (χ0v) is 20.3. The number of nitrogens with one attached hydrogen (secondary N) is 1. The third-order valence-electron chi connectivity index (χ3n) is 5.63. The van der Waals surface area contributed by atoms with Gasteiger partial charge in [0.05, 0.1) is 5.69 Å². The minimum absolute atomic E-state index is 0.000771. The lowest BCUT2D eigenvalue weighted by molar-refractivity contribution is -0.127. The number of ether oxygens (including phenoxy) is 1. The van der Waals surface area contributed by atoms with Gasteiger partial charge < -0.3 is 15.0 Å². The maximum atomic E-state index is 12.9. The fourth-order valence-corrected chi connectivity index (χ4v) is 3.93. The highest BCUT2D eigenvalue weighted by Gasteiger charge is 2.25. The predicted molar refractivity (Wildman–Crippen MR) is 135 cm³/mol. The van der Waals surface area contributed by atoms with Crippen LogP contribution in [0.15, 0.2) is 67.1 Å². The second-order valence-corrected chi connectivity index (χ2v) is 9.53. The molecule has 2 amide bonds. The van der Waals surface area contributed by atoms with E-state index in [1.807, 2.05) is 75.5 Å². The first-order valence-corrected chi connectivity index (χ1v) is 11.8. The van der Waals surface area contributed by atoms with E-state index in [4.69, 9.17) is 9.84 Å². The second kappa shape index (κ2) is 10.5. The number of carbonyl (C=O) groups excluding carboxylic acids is 2. The van der Waals surface area contributed by atoms with E-state index in [1.165, 1.54) is 0 Å². The Morgan fingerprint density at radius 3 is 2.49 bits per heavy atom. The third-order valence-corrected chi connectivity index (χ3v) is 5.63. The molecule has 1 aromatic carbocycles. The van der Waals surface area contributed by atoms with Gasteiger partial charge in [0.2, 0.25) is 5.91 Å². The molecule has 0 spiro atoms. The van der Waals surface area contributed by atoms with Crippen LogP contribution in [-0.4, -0.2) is 56.4 Å². The molecule has 1 fully saturated rings. The molecule has 0 saturated carbocycles. The number of aromatic nitrogens is 3. The van der Waals surface area contributed by atoms with Gasteiger partial charge in [-0.3, -0.25) is 9.78 Å². The molecule has 8 nitrogen and oxygen atoms in total. The summed E-state index contributed by atoms with van der Waals surface area (Å²) in [7, 11) is 0. The first-order valence-electron chi connectivity index (χ1n) is 11.8. The Morgan fingerprint density at radius 2 is 1.83 bits per heavy atom. The van der Waals surface area contributed by atoms with E-state index in [-0.39, 0.29) is 11.9 Å². The van der Waals surface area contributed by atoms with Crippen LogP contribution < -0.4 is 5.32 Å². The summed E-state index contributed by atoms with van der Waals surface area (Å²) in [5.74, 6) is -0.0645. The van der Waals surface area contributed by atoms with Gasteiger partial charge in [-0.2, -0.15) is 5.10 Å². The van der Waals surface area contributed by atoms with E-state index in [0.29, 0.717) is 25.9 Å². The molecule has 0 radical (unpaired) electrons.